The third kappa shape index (κ3) is 4.08. The van der Waals surface area contributed by atoms with E-state index in [4.69, 9.17) is 0 Å². The number of rotatable bonds is 4. The van der Waals surface area contributed by atoms with Crippen molar-refractivity contribution in [2.75, 3.05) is 5.32 Å². The minimum absolute atomic E-state index is 0.282. The van der Waals surface area contributed by atoms with Gasteiger partial charge in [-0.25, -0.2) is 14.4 Å². The highest BCUT2D eigenvalue weighted by Gasteiger charge is 2.07. The van der Waals surface area contributed by atoms with E-state index in [1.807, 2.05) is 12.3 Å². The number of carbonyl (C=O) groups excluding carboxylic acids is 1. The topological polar surface area (TPSA) is 54.9 Å². The molecule has 0 aliphatic rings. The molecule has 0 aliphatic heterocycles. The monoisotopic (exact) mass is 345 g/mol. The predicted octanol–water partition coefficient (Wildman–Crippen LogP) is 4.37. The number of aryl methyl sites for hydroxylation is 1. The summed E-state index contributed by atoms with van der Waals surface area (Å²) in [5.74, 6) is -0.599. The van der Waals surface area contributed by atoms with Crippen LogP contribution in [0.4, 0.5) is 9.52 Å². The van der Waals surface area contributed by atoms with Crippen molar-refractivity contribution in [2.24, 2.45) is 0 Å². The Morgan fingerprint density at radius 1 is 1.26 bits per heavy atom. The number of aromatic nitrogens is 2. The van der Waals surface area contributed by atoms with Gasteiger partial charge in [0.15, 0.2) is 5.13 Å². The Bertz CT molecular complexity index is 870. The lowest BCUT2D eigenvalue weighted by molar-refractivity contribution is -0.111. The van der Waals surface area contributed by atoms with Crippen LogP contribution in [0.15, 0.2) is 41.1 Å². The average Bonchev–Trinajstić information content (AvgIpc) is 3.14. The number of anilines is 1. The lowest BCUT2D eigenvalue weighted by Gasteiger charge is -1.97. The molecule has 1 aromatic carbocycles. The molecule has 3 aromatic rings. The Labute approximate surface area is 140 Å². The lowest BCUT2D eigenvalue weighted by atomic mass is 10.2. The number of amides is 1. The minimum Gasteiger partial charge on any atom is -0.298 e. The van der Waals surface area contributed by atoms with Gasteiger partial charge in [0, 0.05) is 22.4 Å². The second kappa shape index (κ2) is 6.80. The molecule has 23 heavy (non-hydrogen) atoms. The molecule has 0 fully saturated rings. The summed E-state index contributed by atoms with van der Waals surface area (Å²) in [6, 6.07) is 6.18. The molecule has 2 aromatic heterocycles. The van der Waals surface area contributed by atoms with Gasteiger partial charge in [-0.1, -0.05) is 12.1 Å². The zero-order chi connectivity index (χ0) is 16.2. The quantitative estimate of drug-likeness (QED) is 0.715. The largest absolute Gasteiger partial charge is 0.298 e. The van der Waals surface area contributed by atoms with E-state index in [1.165, 1.54) is 40.9 Å². The van der Waals surface area contributed by atoms with Gasteiger partial charge in [-0.05, 0) is 25.1 Å². The molecule has 0 saturated heterocycles. The van der Waals surface area contributed by atoms with E-state index in [0.717, 1.165) is 10.7 Å². The molecule has 1 N–H and O–H groups in total. The van der Waals surface area contributed by atoms with Gasteiger partial charge in [0.05, 0.1) is 16.4 Å². The van der Waals surface area contributed by atoms with Gasteiger partial charge < -0.3 is 0 Å². The molecule has 0 saturated carbocycles. The highest BCUT2D eigenvalue weighted by Crippen LogP contribution is 2.25. The van der Waals surface area contributed by atoms with Crippen LogP contribution in [0.1, 0.15) is 10.7 Å². The van der Waals surface area contributed by atoms with E-state index in [-0.39, 0.29) is 11.7 Å². The molecule has 7 heteroatoms. The Morgan fingerprint density at radius 3 is 2.87 bits per heavy atom. The molecule has 0 bridgehead atoms. The van der Waals surface area contributed by atoms with E-state index >= 15 is 0 Å². The van der Waals surface area contributed by atoms with E-state index in [2.05, 4.69) is 15.3 Å². The molecule has 2 heterocycles. The fourth-order valence-corrected chi connectivity index (χ4v) is 3.18. The predicted molar refractivity (Wildman–Crippen MR) is 92.0 cm³/mol. The Kier molecular flexibility index (Phi) is 4.59. The number of nitrogens with one attached hydrogen (secondary N) is 1. The zero-order valence-electron chi connectivity index (χ0n) is 12.1. The summed E-state index contributed by atoms with van der Waals surface area (Å²) in [4.78, 5) is 20.4. The molecule has 0 unspecified atom stereocenters. The first kappa shape index (κ1) is 15.5. The molecule has 1 amide bonds. The highest BCUT2D eigenvalue weighted by atomic mass is 32.1. The number of hydrogen-bond donors (Lipinski definition) is 1. The van der Waals surface area contributed by atoms with Crippen molar-refractivity contribution in [1.29, 1.82) is 0 Å². The Hall–Kier alpha value is -2.38. The van der Waals surface area contributed by atoms with E-state index in [9.17, 15) is 9.18 Å². The van der Waals surface area contributed by atoms with Gasteiger partial charge in [0.25, 0.3) is 0 Å². The van der Waals surface area contributed by atoms with Crippen molar-refractivity contribution >= 4 is 39.8 Å². The van der Waals surface area contributed by atoms with Gasteiger partial charge in [-0.15, -0.1) is 22.7 Å². The highest BCUT2D eigenvalue weighted by molar-refractivity contribution is 7.14. The third-order valence-corrected chi connectivity index (χ3v) is 4.45. The number of halogens is 1. The molecule has 0 spiro atoms. The molecular weight excluding hydrogens is 333 g/mol. The molecule has 0 atom stereocenters. The number of hydrogen-bond acceptors (Lipinski definition) is 5. The van der Waals surface area contributed by atoms with Crippen molar-refractivity contribution in [1.82, 2.24) is 9.97 Å². The minimum atomic E-state index is -0.317. The van der Waals surface area contributed by atoms with Gasteiger partial charge in [0.2, 0.25) is 5.91 Å². The lowest BCUT2D eigenvalue weighted by Crippen LogP contribution is -2.07. The number of benzene rings is 1. The van der Waals surface area contributed by atoms with Crippen molar-refractivity contribution in [3.8, 4) is 11.3 Å². The fraction of sp³-hybridized carbons (Fsp3) is 0.0625. The van der Waals surface area contributed by atoms with Crippen LogP contribution in [0.3, 0.4) is 0 Å². The second-order valence-electron chi connectivity index (χ2n) is 4.66. The maximum absolute atomic E-state index is 13.2. The fourth-order valence-electron chi connectivity index (χ4n) is 1.88. The molecule has 116 valence electrons. The summed E-state index contributed by atoms with van der Waals surface area (Å²) < 4.78 is 13.2. The van der Waals surface area contributed by atoms with Gasteiger partial charge in [-0.2, -0.15) is 0 Å². The van der Waals surface area contributed by atoms with Crippen LogP contribution in [-0.2, 0) is 4.79 Å². The van der Waals surface area contributed by atoms with E-state index in [1.54, 1.807) is 23.6 Å². The molecule has 0 radical (unpaired) electrons. The first-order valence-corrected chi connectivity index (χ1v) is 8.49. The SMILES string of the molecule is Cc1nc(/C=C/C(=O)Nc2nc(-c3cccc(F)c3)cs2)cs1. The summed E-state index contributed by atoms with van der Waals surface area (Å²) in [6.45, 7) is 1.91. The van der Waals surface area contributed by atoms with Crippen LogP contribution < -0.4 is 5.32 Å². The molecular formula is C16H12FN3OS2. The van der Waals surface area contributed by atoms with E-state index < -0.39 is 0 Å². The first-order valence-electron chi connectivity index (χ1n) is 6.73. The van der Waals surface area contributed by atoms with Gasteiger partial charge in [-0.3, -0.25) is 10.1 Å². The first-order chi connectivity index (χ1) is 11.1. The normalized spacial score (nSPS) is 11.0. The summed E-state index contributed by atoms with van der Waals surface area (Å²) >= 11 is 2.82. The molecule has 4 nitrogen and oxygen atoms in total. The van der Waals surface area contributed by atoms with Crippen LogP contribution in [0, 0.1) is 12.7 Å². The molecule has 3 rings (SSSR count). The number of carbonyl (C=O) groups is 1. The average molecular weight is 345 g/mol. The number of nitrogens with zero attached hydrogens (tertiary/aromatic N) is 2. The summed E-state index contributed by atoms with van der Waals surface area (Å²) in [7, 11) is 0. The third-order valence-electron chi connectivity index (χ3n) is 2.90. The standard InChI is InChI=1S/C16H12FN3OS2/c1-10-18-13(8-22-10)5-6-15(21)20-16-19-14(9-23-16)11-3-2-4-12(17)7-11/h2-9H,1H3,(H,19,20,21)/b6-5+. The van der Waals surface area contributed by atoms with Crippen LogP contribution >= 0.6 is 22.7 Å². The number of thiazole rings is 2. The van der Waals surface area contributed by atoms with Crippen molar-refractivity contribution in [3.05, 3.63) is 57.6 Å². The maximum atomic E-state index is 13.2. The molecule has 0 aliphatic carbocycles. The summed E-state index contributed by atoms with van der Waals surface area (Å²) in [5.41, 5.74) is 2.06. The van der Waals surface area contributed by atoms with Gasteiger partial charge in [0.1, 0.15) is 5.82 Å². The van der Waals surface area contributed by atoms with Crippen molar-refractivity contribution in [3.63, 3.8) is 0 Å². The Morgan fingerprint density at radius 2 is 2.13 bits per heavy atom. The maximum Gasteiger partial charge on any atom is 0.250 e. The summed E-state index contributed by atoms with van der Waals surface area (Å²) in [5, 5.41) is 7.76. The van der Waals surface area contributed by atoms with Crippen molar-refractivity contribution in [2.45, 2.75) is 6.92 Å². The Balaban J connectivity index is 1.67. The van der Waals surface area contributed by atoms with Gasteiger partial charge >= 0.3 is 0 Å². The summed E-state index contributed by atoms with van der Waals surface area (Å²) in [6.07, 6.45) is 3.07. The van der Waals surface area contributed by atoms with Crippen molar-refractivity contribution < 1.29 is 9.18 Å². The van der Waals surface area contributed by atoms with Crippen LogP contribution in [0.25, 0.3) is 17.3 Å². The van der Waals surface area contributed by atoms with Crippen LogP contribution in [-0.4, -0.2) is 15.9 Å². The van der Waals surface area contributed by atoms with E-state index in [0.29, 0.717) is 16.4 Å². The van der Waals surface area contributed by atoms with Crippen LogP contribution in [0.2, 0.25) is 0 Å². The smallest absolute Gasteiger partial charge is 0.250 e. The zero-order valence-corrected chi connectivity index (χ0v) is 13.7. The second-order valence-corrected chi connectivity index (χ2v) is 6.58. The van der Waals surface area contributed by atoms with Crippen LogP contribution in [0.5, 0.6) is 0 Å².